The number of fused-ring (bicyclic) bond motifs is 1. The average Bonchev–Trinajstić information content (AvgIpc) is 2.73. The summed E-state index contributed by atoms with van der Waals surface area (Å²) in [5.74, 6) is 0.297. The van der Waals surface area contributed by atoms with Crippen LogP contribution in [0.1, 0.15) is 22.7 Å². The van der Waals surface area contributed by atoms with Gasteiger partial charge in [-0.1, -0.05) is 0 Å². The first-order valence-electron chi connectivity index (χ1n) is 5.65. The Hall–Kier alpha value is -2.08. The van der Waals surface area contributed by atoms with Gasteiger partial charge in [0, 0.05) is 18.7 Å². The van der Waals surface area contributed by atoms with Gasteiger partial charge in [0.1, 0.15) is 11.6 Å². The highest BCUT2D eigenvalue weighted by Gasteiger charge is 2.17. The van der Waals surface area contributed by atoms with Crippen LogP contribution in [0.15, 0.2) is 18.3 Å². The number of hydrogen-bond acceptors (Lipinski definition) is 5. The lowest BCUT2D eigenvalue weighted by molar-refractivity contribution is 0.0597. The van der Waals surface area contributed by atoms with Gasteiger partial charge in [-0.3, -0.25) is 0 Å². The topological polar surface area (TPSA) is 89.8 Å². The van der Waals surface area contributed by atoms with Crippen molar-refractivity contribution >= 4 is 11.5 Å². The molecular formula is C12H15N3O3. The summed E-state index contributed by atoms with van der Waals surface area (Å²) in [5, 5.41) is 9.48. The average molecular weight is 249 g/mol. The Morgan fingerprint density at radius 2 is 2.39 bits per heavy atom. The Balaban J connectivity index is 2.56. The highest BCUT2D eigenvalue weighted by atomic mass is 16.5. The van der Waals surface area contributed by atoms with E-state index < -0.39 is 5.97 Å². The van der Waals surface area contributed by atoms with Crippen LogP contribution in [-0.4, -0.2) is 34.1 Å². The maximum Gasteiger partial charge on any atom is 0.358 e. The summed E-state index contributed by atoms with van der Waals surface area (Å²) in [6, 6.07) is 3.03. The fourth-order valence-electron chi connectivity index (χ4n) is 1.82. The van der Waals surface area contributed by atoms with E-state index in [-0.39, 0.29) is 11.4 Å². The molecule has 0 aromatic carbocycles. The van der Waals surface area contributed by atoms with Gasteiger partial charge in [0.05, 0.1) is 12.6 Å². The SMILES string of the molecule is COC(=O)c1nc(CCCN)n2ccc(O)cc12. The molecule has 18 heavy (non-hydrogen) atoms. The second-order valence-electron chi connectivity index (χ2n) is 3.90. The molecule has 0 aliphatic carbocycles. The van der Waals surface area contributed by atoms with E-state index in [1.165, 1.54) is 13.2 Å². The van der Waals surface area contributed by atoms with Crippen molar-refractivity contribution < 1.29 is 14.6 Å². The van der Waals surface area contributed by atoms with Crippen LogP contribution < -0.4 is 5.73 Å². The Labute approximate surface area is 104 Å². The number of ether oxygens (including phenoxy) is 1. The third-order valence-electron chi connectivity index (χ3n) is 2.68. The van der Waals surface area contributed by atoms with E-state index in [9.17, 15) is 9.90 Å². The lowest BCUT2D eigenvalue weighted by Gasteiger charge is -2.00. The lowest BCUT2D eigenvalue weighted by atomic mass is 10.3. The second-order valence-corrected chi connectivity index (χ2v) is 3.90. The molecule has 6 heteroatoms. The van der Waals surface area contributed by atoms with E-state index in [4.69, 9.17) is 5.73 Å². The number of nitrogens with zero attached hydrogens (tertiary/aromatic N) is 2. The second kappa shape index (κ2) is 5.05. The molecule has 6 nitrogen and oxygen atoms in total. The summed E-state index contributed by atoms with van der Waals surface area (Å²) >= 11 is 0. The number of imidazole rings is 1. The molecule has 2 aromatic heterocycles. The maximum absolute atomic E-state index is 11.6. The van der Waals surface area contributed by atoms with Gasteiger partial charge in [-0.05, 0) is 19.0 Å². The molecule has 0 radical (unpaired) electrons. The molecule has 0 fully saturated rings. The van der Waals surface area contributed by atoms with Crippen molar-refractivity contribution in [2.45, 2.75) is 12.8 Å². The molecule has 2 heterocycles. The number of methoxy groups -OCH3 is 1. The van der Waals surface area contributed by atoms with Crippen molar-refractivity contribution in [3.05, 3.63) is 29.8 Å². The number of esters is 1. The van der Waals surface area contributed by atoms with Crippen LogP contribution in [-0.2, 0) is 11.2 Å². The maximum atomic E-state index is 11.6. The van der Waals surface area contributed by atoms with Crippen molar-refractivity contribution in [3.63, 3.8) is 0 Å². The number of aromatic nitrogens is 2. The lowest BCUT2D eigenvalue weighted by Crippen LogP contribution is -2.04. The first kappa shape index (κ1) is 12.4. The van der Waals surface area contributed by atoms with E-state index >= 15 is 0 Å². The molecule has 0 amide bonds. The molecule has 2 aromatic rings. The van der Waals surface area contributed by atoms with Gasteiger partial charge in [0.25, 0.3) is 0 Å². The largest absolute Gasteiger partial charge is 0.508 e. The van der Waals surface area contributed by atoms with Crippen LogP contribution in [0.4, 0.5) is 0 Å². The van der Waals surface area contributed by atoms with Crippen LogP contribution in [0.5, 0.6) is 5.75 Å². The van der Waals surface area contributed by atoms with Crippen LogP contribution >= 0.6 is 0 Å². The number of aromatic hydroxyl groups is 1. The molecule has 0 aliphatic rings. The standard InChI is InChI=1S/C12H15N3O3/c1-18-12(17)11-9-7-8(16)4-6-15(9)10(14-11)3-2-5-13/h4,6-7,16H,2-3,5,13H2,1H3. The Morgan fingerprint density at radius 3 is 3.06 bits per heavy atom. The monoisotopic (exact) mass is 249 g/mol. The highest BCUT2D eigenvalue weighted by Crippen LogP contribution is 2.20. The summed E-state index contributed by atoms with van der Waals surface area (Å²) in [7, 11) is 1.30. The Morgan fingerprint density at radius 1 is 1.61 bits per heavy atom. The molecule has 0 aliphatic heterocycles. The fraction of sp³-hybridized carbons (Fsp3) is 0.333. The van der Waals surface area contributed by atoms with Gasteiger partial charge >= 0.3 is 5.97 Å². The minimum absolute atomic E-state index is 0.0814. The van der Waals surface area contributed by atoms with Gasteiger partial charge in [-0.25, -0.2) is 9.78 Å². The van der Waals surface area contributed by atoms with E-state index in [2.05, 4.69) is 9.72 Å². The third-order valence-corrected chi connectivity index (χ3v) is 2.68. The summed E-state index contributed by atoms with van der Waals surface area (Å²) in [5.41, 5.74) is 6.21. The number of rotatable bonds is 4. The van der Waals surface area contributed by atoms with Crippen LogP contribution in [0, 0.1) is 0 Å². The van der Waals surface area contributed by atoms with Gasteiger partial charge in [0.15, 0.2) is 5.69 Å². The first-order chi connectivity index (χ1) is 8.67. The van der Waals surface area contributed by atoms with Gasteiger partial charge < -0.3 is 20.0 Å². The summed E-state index contributed by atoms with van der Waals surface area (Å²) < 4.78 is 6.45. The molecule has 0 spiro atoms. The minimum atomic E-state index is -0.517. The number of nitrogens with two attached hydrogens (primary N) is 1. The summed E-state index contributed by atoms with van der Waals surface area (Å²) in [6.45, 7) is 0.556. The first-order valence-corrected chi connectivity index (χ1v) is 5.65. The summed E-state index contributed by atoms with van der Waals surface area (Å²) in [6.07, 6.45) is 3.12. The zero-order valence-corrected chi connectivity index (χ0v) is 10.1. The molecule has 0 bridgehead atoms. The van der Waals surface area contributed by atoms with Crippen molar-refractivity contribution in [2.24, 2.45) is 5.73 Å². The number of hydrogen-bond donors (Lipinski definition) is 2. The van der Waals surface area contributed by atoms with Crippen LogP contribution in [0.3, 0.4) is 0 Å². The van der Waals surface area contributed by atoms with E-state index in [1.807, 2.05) is 0 Å². The minimum Gasteiger partial charge on any atom is -0.508 e. The molecule has 0 unspecified atom stereocenters. The van der Waals surface area contributed by atoms with E-state index in [0.717, 1.165) is 12.2 Å². The highest BCUT2D eigenvalue weighted by molar-refractivity contribution is 5.95. The zero-order chi connectivity index (χ0) is 13.1. The molecule has 96 valence electrons. The van der Waals surface area contributed by atoms with Crippen molar-refractivity contribution in [1.29, 1.82) is 0 Å². The Kier molecular flexibility index (Phi) is 3.47. The Bertz CT molecular complexity index is 577. The molecule has 2 rings (SSSR count). The third kappa shape index (κ3) is 2.14. The molecule has 0 saturated carbocycles. The predicted octanol–water partition coefficient (Wildman–Crippen LogP) is 0.718. The quantitative estimate of drug-likeness (QED) is 0.779. The van der Waals surface area contributed by atoms with Gasteiger partial charge in [0.2, 0.25) is 0 Å². The number of carbonyl (C=O) groups excluding carboxylic acids is 1. The van der Waals surface area contributed by atoms with Crippen molar-refractivity contribution in [3.8, 4) is 5.75 Å². The van der Waals surface area contributed by atoms with Gasteiger partial charge in [-0.2, -0.15) is 0 Å². The predicted molar refractivity (Wildman–Crippen MR) is 65.6 cm³/mol. The van der Waals surface area contributed by atoms with Crippen molar-refractivity contribution in [2.75, 3.05) is 13.7 Å². The smallest absolute Gasteiger partial charge is 0.358 e. The number of aryl methyl sites for hydroxylation is 1. The molecule has 0 atom stereocenters. The number of pyridine rings is 1. The van der Waals surface area contributed by atoms with Crippen LogP contribution in [0.25, 0.3) is 5.52 Å². The molecular weight excluding hydrogens is 234 g/mol. The van der Waals surface area contributed by atoms with Crippen LogP contribution in [0.2, 0.25) is 0 Å². The molecule has 0 saturated heterocycles. The van der Waals surface area contributed by atoms with Crippen molar-refractivity contribution in [1.82, 2.24) is 9.38 Å². The number of carbonyl (C=O) groups is 1. The van der Waals surface area contributed by atoms with E-state index in [0.29, 0.717) is 18.5 Å². The van der Waals surface area contributed by atoms with Gasteiger partial charge in [-0.15, -0.1) is 0 Å². The normalized spacial score (nSPS) is 10.8. The fourth-order valence-corrected chi connectivity index (χ4v) is 1.82. The molecule has 3 N–H and O–H groups in total. The zero-order valence-electron chi connectivity index (χ0n) is 10.1. The summed E-state index contributed by atoms with van der Waals surface area (Å²) in [4.78, 5) is 15.9. The van der Waals surface area contributed by atoms with E-state index in [1.54, 1.807) is 16.7 Å².